The molecule has 0 unspecified atom stereocenters. The van der Waals surface area contributed by atoms with Crippen LogP contribution in [0.2, 0.25) is 0 Å². The molecule has 6 heteroatoms. The van der Waals surface area contributed by atoms with Gasteiger partial charge < -0.3 is 10.3 Å². The Morgan fingerprint density at radius 1 is 1.33 bits per heavy atom. The molecule has 0 fully saturated rings. The number of fused-ring (bicyclic) bond motifs is 1. The second kappa shape index (κ2) is 5.78. The van der Waals surface area contributed by atoms with Crippen LogP contribution < -0.4 is 5.32 Å². The Bertz CT molecular complexity index is 725. The summed E-state index contributed by atoms with van der Waals surface area (Å²) in [6, 6.07) is 7.84. The van der Waals surface area contributed by atoms with Crippen LogP contribution in [0.4, 0.5) is 5.82 Å². The number of hydrogen-bond donors (Lipinski definition) is 3. The van der Waals surface area contributed by atoms with Crippen molar-refractivity contribution in [3.63, 3.8) is 0 Å². The van der Waals surface area contributed by atoms with Gasteiger partial charge in [-0.2, -0.15) is 5.10 Å². The van der Waals surface area contributed by atoms with Gasteiger partial charge in [0.15, 0.2) is 0 Å². The molecule has 0 saturated carbocycles. The van der Waals surface area contributed by atoms with E-state index in [0.717, 1.165) is 28.8 Å². The number of amides is 1. The fourth-order valence-corrected chi connectivity index (χ4v) is 2.25. The standard InChI is InChI=1S/C15H17N5O/c1-2-10-9-16-20-15(10)19-14(21)8-7-13-17-11-5-3-4-6-12(11)18-13/h3-6,9H,2,7-8H2,1H3,(H,17,18)(H2,16,19,20,21). The molecule has 0 saturated heterocycles. The lowest BCUT2D eigenvalue weighted by Gasteiger charge is -2.03. The van der Waals surface area contributed by atoms with Gasteiger partial charge in [0.25, 0.3) is 0 Å². The number of hydrogen-bond acceptors (Lipinski definition) is 3. The van der Waals surface area contributed by atoms with Crippen LogP contribution in [-0.2, 0) is 17.6 Å². The van der Waals surface area contributed by atoms with Crippen molar-refractivity contribution in [3.8, 4) is 0 Å². The number of aromatic amines is 2. The van der Waals surface area contributed by atoms with Crippen LogP contribution in [0.3, 0.4) is 0 Å². The van der Waals surface area contributed by atoms with Gasteiger partial charge in [-0.25, -0.2) is 4.98 Å². The zero-order valence-corrected chi connectivity index (χ0v) is 11.8. The van der Waals surface area contributed by atoms with Gasteiger partial charge >= 0.3 is 0 Å². The molecule has 0 aliphatic rings. The van der Waals surface area contributed by atoms with Crippen molar-refractivity contribution in [1.82, 2.24) is 20.2 Å². The molecule has 0 aliphatic carbocycles. The van der Waals surface area contributed by atoms with Crippen LogP contribution in [-0.4, -0.2) is 26.1 Å². The van der Waals surface area contributed by atoms with E-state index in [4.69, 9.17) is 0 Å². The minimum absolute atomic E-state index is 0.0468. The maximum Gasteiger partial charge on any atom is 0.225 e. The topological polar surface area (TPSA) is 86.5 Å². The van der Waals surface area contributed by atoms with E-state index in [2.05, 4.69) is 25.5 Å². The lowest BCUT2D eigenvalue weighted by molar-refractivity contribution is -0.116. The first-order valence-corrected chi connectivity index (χ1v) is 7.02. The van der Waals surface area contributed by atoms with Crippen LogP contribution in [0.5, 0.6) is 0 Å². The number of carbonyl (C=O) groups excluding carboxylic acids is 1. The smallest absolute Gasteiger partial charge is 0.225 e. The van der Waals surface area contributed by atoms with E-state index in [-0.39, 0.29) is 5.91 Å². The normalized spacial score (nSPS) is 10.9. The number of carbonyl (C=O) groups is 1. The molecule has 2 aromatic heterocycles. The molecular weight excluding hydrogens is 266 g/mol. The molecule has 6 nitrogen and oxygen atoms in total. The summed E-state index contributed by atoms with van der Waals surface area (Å²) < 4.78 is 0. The van der Waals surface area contributed by atoms with Crippen LogP contribution in [0.25, 0.3) is 11.0 Å². The predicted molar refractivity (Wildman–Crippen MR) is 81.0 cm³/mol. The van der Waals surface area contributed by atoms with E-state index >= 15 is 0 Å². The molecule has 0 spiro atoms. The number of imidazole rings is 1. The predicted octanol–water partition coefficient (Wildman–Crippen LogP) is 2.42. The molecule has 0 radical (unpaired) electrons. The van der Waals surface area contributed by atoms with E-state index in [9.17, 15) is 4.79 Å². The van der Waals surface area contributed by atoms with Gasteiger partial charge in [0.05, 0.1) is 17.2 Å². The van der Waals surface area contributed by atoms with E-state index in [1.165, 1.54) is 0 Å². The number of nitrogens with zero attached hydrogens (tertiary/aromatic N) is 2. The Hall–Kier alpha value is -2.63. The van der Waals surface area contributed by atoms with Gasteiger partial charge in [-0.1, -0.05) is 19.1 Å². The largest absolute Gasteiger partial charge is 0.342 e. The van der Waals surface area contributed by atoms with Crippen molar-refractivity contribution >= 4 is 22.8 Å². The molecule has 0 bridgehead atoms. The Morgan fingerprint density at radius 2 is 2.19 bits per heavy atom. The maximum absolute atomic E-state index is 12.0. The highest BCUT2D eigenvalue weighted by atomic mass is 16.1. The molecular formula is C15H17N5O. The molecule has 0 atom stereocenters. The monoisotopic (exact) mass is 283 g/mol. The number of aromatic nitrogens is 4. The SMILES string of the molecule is CCc1cn[nH]c1NC(=O)CCc1nc2ccccc2[nH]1. The fourth-order valence-electron chi connectivity index (χ4n) is 2.25. The van der Waals surface area contributed by atoms with Gasteiger partial charge in [-0.05, 0) is 18.6 Å². The zero-order chi connectivity index (χ0) is 14.7. The molecule has 21 heavy (non-hydrogen) atoms. The Morgan fingerprint density at radius 3 is 3.00 bits per heavy atom. The van der Waals surface area contributed by atoms with E-state index < -0.39 is 0 Å². The first kappa shape index (κ1) is 13.4. The second-order valence-corrected chi connectivity index (χ2v) is 4.87. The molecule has 2 heterocycles. The summed E-state index contributed by atoms with van der Waals surface area (Å²) in [6.45, 7) is 2.02. The number of rotatable bonds is 5. The van der Waals surface area contributed by atoms with Crippen LogP contribution in [0.15, 0.2) is 30.5 Å². The third-order valence-corrected chi connectivity index (χ3v) is 3.39. The Labute approximate surface area is 122 Å². The average molecular weight is 283 g/mol. The van der Waals surface area contributed by atoms with Crippen molar-refractivity contribution in [2.45, 2.75) is 26.2 Å². The van der Waals surface area contributed by atoms with E-state index in [0.29, 0.717) is 18.7 Å². The summed E-state index contributed by atoms with van der Waals surface area (Å²) in [7, 11) is 0. The van der Waals surface area contributed by atoms with Gasteiger partial charge in [0, 0.05) is 18.4 Å². The number of para-hydroxylation sites is 2. The number of H-pyrrole nitrogens is 2. The van der Waals surface area contributed by atoms with Crippen molar-refractivity contribution in [3.05, 3.63) is 41.9 Å². The second-order valence-electron chi connectivity index (χ2n) is 4.87. The van der Waals surface area contributed by atoms with Gasteiger partial charge in [-0.3, -0.25) is 9.89 Å². The highest BCUT2D eigenvalue weighted by molar-refractivity contribution is 5.90. The highest BCUT2D eigenvalue weighted by Gasteiger charge is 2.09. The van der Waals surface area contributed by atoms with Gasteiger partial charge in [0.1, 0.15) is 11.6 Å². The summed E-state index contributed by atoms with van der Waals surface area (Å²) in [4.78, 5) is 19.6. The molecule has 1 aromatic carbocycles. The molecule has 3 aromatic rings. The van der Waals surface area contributed by atoms with E-state index in [1.54, 1.807) is 6.20 Å². The van der Waals surface area contributed by atoms with E-state index in [1.807, 2.05) is 31.2 Å². The molecule has 108 valence electrons. The Balaban J connectivity index is 1.60. The number of benzene rings is 1. The highest BCUT2D eigenvalue weighted by Crippen LogP contribution is 2.13. The molecule has 3 rings (SSSR count). The number of nitrogens with one attached hydrogen (secondary N) is 3. The summed E-state index contributed by atoms with van der Waals surface area (Å²) >= 11 is 0. The third-order valence-electron chi connectivity index (χ3n) is 3.39. The minimum Gasteiger partial charge on any atom is -0.342 e. The lowest BCUT2D eigenvalue weighted by atomic mass is 10.2. The third kappa shape index (κ3) is 2.94. The fraction of sp³-hybridized carbons (Fsp3) is 0.267. The van der Waals surface area contributed by atoms with Crippen molar-refractivity contribution < 1.29 is 4.79 Å². The summed E-state index contributed by atoms with van der Waals surface area (Å²) in [5.74, 6) is 1.47. The lowest BCUT2D eigenvalue weighted by Crippen LogP contribution is -2.14. The summed E-state index contributed by atoms with van der Waals surface area (Å²) in [5, 5.41) is 9.58. The van der Waals surface area contributed by atoms with Gasteiger partial charge in [0.2, 0.25) is 5.91 Å². The summed E-state index contributed by atoms with van der Waals surface area (Å²) in [5.41, 5.74) is 2.93. The molecule has 3 N–H and O–H groups in total. The molecule has 1 amide bonds. The van der Waals surface area contributed by atoms with Crippen molar-refractivity contribution in [2.75, 3.05) is 5.32 Å². The number of anilines is 1. The quantitative estimate of drug-likeness (QED) is 0.672. The van der Waals surface area contributed by atoms with Crippen LogP contribution in [0, 0.1) is 0 Å². The zero-order valence-electron chi connectivity index (χ0n) is 11.8. The minimum atomic E-state index is -0.0468. The van der Waals surface area contributed by atoms with Crippen LogP contribution in [0.1, 0.15) is 24.7 Å². The molecule has 0 aliphatic heterocycles. The summed E-state index contributed by atoms with van der Waals surface area (Å²) in [6.07, 6.45) is 3.52. The maximum atomic E-state index is 12.0. The first-order chi connectivity index (χ1) is 10.3. The van der Waals surface area contributed by atoms with Crippen molar-refractivity contribution in [2.24, 2.45) is 0 Å². The number of aryl methyl sites for hydroxylation is 2. The average Bonchev–Trinajstić information content (AvgIpc) is 3.10. The Kier molecular flexibility index (Phi) is 3.68. The van der Waals surface area contributed by atoms with Crippen molar-refractivity contribution in [1.29, 1.82) is 0 Å². The van der Waals surface area contributed by atoms with Crippen LogP contribution >= 0.6 is 0 Å². The first-order valence-electron chi connectivity index (χ1n) is 7.02. The van der Waals surface area contributed by atoms with Gasteiger partial charge in [-0.15, -0.1) is 0 Å².